The van der Waals surface area contributed by atoms with E-state index >= 15 is 0 Å². The molecule has 3 heteroatoms. The molecule has 0 radical (unpaired) electrons. The van der Waals surface area contributed by atoms with Crippen molar-refractivity contribution in [1.29, 1.82) is 0 Å². The molecule has 0 unspecified atom stereocenters. The lowest BCUT2D eigenvalue weighted by atomic mass is 10.2. The van der Waals surface area contributed by atoms with E-state index in [0.717, 1.165) is 13.1 Å². The lowest BCUT2D eigenvalue weighted by Crippen LogP contribution is -2.28. The van der Waals surface area contributed by atoms with Crippen LogP contribution in [0.25, 0.3) is 0 Å². The molecule has 0 saturated carbocycles. The van der Waals surface area contributed by atoms with Gasteiger partial charge in [0.2, 0.25) is 0 Å². The molecule has 0 atom stereocenters. The van der Waals surface area contributed by atoms with Crippen LogP contribution in [0.5, 0.6) is 0 Å². The van der Waals surface area contributed by atoms with Crippen molar-refractivity contribution in [3.63, 3.8) is 0 Å². The molecule has 80 valence electrons. The molecule has 0 amide bonds. The fourth-order valence-electron chi connectivity index (χ4n) is 1.95. The van der Waals surface area contributed by atoms with E-state index in [1.165, 1.54) is 19.3 Å². The third kappa shape index (κ3) is 2.83. The summed E-state index contributed by atoms with van der Waals surface area (Å²) in [6.45, 7) is 9.35. The van der Waals surface area contributed by atoms with E-state index in [1.54, 1.807) is 12.2 Å². The summed E-state index contributed by atoms with van der Waals surface area (Å²) in [6.07, 6.45) is 8.44. The average molecular weight is 213 g/mol. The smallest absolute Gasteiger partial charge is 0.157 e. The van der Waals surface area contributed by atoms with E-state index in [0.29, 0.717) is 12.3 Å². The van der Waals surface area contributed by atoms with Gasteiger partial charge in [-0.2, -0.15) is 0 Å². The molecule has 1 heterocycles. The summed E-state index contributed by atoms with van der Waals surface area (Å²) in [5.74, 6) is 0. The minimum Gasteiger partial charge on any atom is -0.306 e. The number of rotatable bonds is 5. The zero-order chi connectivity index (χ0) is 10.4. The molecule has 0 aromatic rings. The number of piperidine rings is 1. The van der Waals surface area contributed by atoms with Crippen LogP contribution in [0.4, 0.5) is 0 Å². The quantitative estimate of drug-likeness (QED) is 0.516. The van der Waals surface area contributed by atoms with Gasteiger partial charge in [0.15, 0.2) is 7.29 Å². The van der Waals surface area contributed by atoms with E-state index in [9.17, 15) is 4.57 Å². The van der Waals surface area contributed by atoms with Crippen molar-refractivity contribution in [3.05, 3.63) is 25.3 Å². The van der Waals surface area contributed by atoms with Crippen molar-refractivity contribution in [2.24, 2.45) is 0 Å². The number of nitrogens with zero attached hydrogens (tertiary/aromatic N) is 1. The first-order valence-corrected chi connectivity index (χ1v) is 7.31. The number of allylic oxidation sites excluding steroid dienone is 2. The molecule has 0 spiro atoms. The molecule has 1 fully saturated rings. The molecule has 14 heavy (non-hydrogen) atoms. The van der Waals surface area contributed by atoms with Gasteiger partial charge < -0.3 is 4.57 Å². The summed E-state index contributed by atoms with van der Waals surface area (Å²) in [5.41, 5.74) is 0. The van der Waals surface area contributed by atoms with Crippen LogP contribution in [0.2, 0.25) is 0 Å². The Morgan fingerprint density at radius 1 is 1.07 bits per heavy atom. The fraction of sp³-hybridized carbons (Fsp3) is 0.636. The SMILES string of the molecule is C=CCP(=O)(CC=C)N1CCCCC1. The highest BCUT2D eigenvalue weighted by Crippen LogP contribution is 2.50. The molecule has 1 aliphatic rings. The van der Waals surface area contributed by atoms with Gasteiger partial charge in [-0.05, 0) is 12.8 Å². The van der Waals surface area contributed by atoms with Crippen LogP contribution < -0.4 is 0 Å². The van der Waals surface area contributed by atoms with Crippen molar-refractivity contribution in [1.82, 2.24) is 4.67 Å². The van der Waals surface area contributed by atoms with Crippen LogP contribution in [0.1, 0.15) is 19.3 Å². The van der Waals surface area contributed by atoms with Crippen molar-refractivity contribution < 1.29 is 4.57 Å². The molecule has 0 N–H and O–H groups in total. The predicted octanol–water partition coefficient (Wildman–Crippen LogP) is 3.12. The van der Waals surface area contributed by atoms with E-state index in [-0.39, 0.29) is 0 Å². The second-order valence-electron chi connectivity index (χ2n) is 3.80. The zero-order valence-corrected chi connectivity index (χ0v) is 9.72. The Labute approximate surface area is 87.1 Å². The molecule has 0 aromatic heterocycles. The highest BCUT2D eigenvalue weighted by atomic mass is 31.2. The maximum atomic E-state index is 12.6. The van der Waals surface area contributed by atoms with Gasteiger partial charge >= 0.3 is 0 Å². The fourth-order valence-corrected chi connectivity index (χ4v) is 4.38. The van der Waals surface area contributed by atoms with Crippen LogP contribution in [-0.4, -0.2) is 30.1 Å². The Balaban J connectivity index is 2.68. The summed E-state index contributed by atoms with van der Waals surface area (Å²) in [5, 5.41) is 0. The summed E-state index contributed by atoms with van der Waals surface area (Å²) in [4.78, 5) is 0. The lowest BCUT2D eigenvalue weighted by Gasteiger charge is -2.33. The molecule has 0 aliphatic carbocycles. The van der Waals surface area contributed by atoms with Gasteiger partial charge in [-0.1, -0.05) is 18.6 Å². The highest BCUT2D eigenvalue weighted by Gasteiger charge is 2.28. The molecular formula is C11H20NOP. The van der Waals surface area contributed by atoms with Gasteiger partial charge in [0, 0.05) is 25.4 Å². The van der Waals surface area contributed by atoms with Gasteiger partial charge in [0.05, 0.1) is 0 Å². The number of hydrogen-bond donors (Lipinski definition) is 0. The molecule has 2 nitrogen and oxygen atoms in total. The highest BCUT2D eigenvalue weighted by molar-refractivity contribution is 7.61. The van der Waals surface area contributed by atoms with Crippen molar-refractivity contribution >= 4 is 7.29 Å². The third-order valence-electron chi connectivity index (χ3n) is 2.68. The Morgan fingerprint density at radius 3 is 2.00 bits per heavy atom. The predicted molar refractivity (Wildman–Crippen MR) is 63.2 cm³/mol. The van der Waals surface area contributed by atoms with Crippen molar-refractivity contribution in [2.45, 2.75) is 19.3 Å². The van der Waals surface area contributed by atoms with Gasteiger partial charge in [0.1, 0.15) is 0 Å². The van der Waals surface area contributed by atoms with Crippen LogP contribution in [0.15, 0.2) is 25.3 Å². The Hall–Kier alpha value is -0.330. The van der Waals surface area contributed by atoms with Gasteiger partial charge in [0.25, 0.3) is 0 Å². The van der Waals surface area contributed by atoms with Gasteiger partial charge in [-0.25, -0.2) is 0 Å². The Morgan fingerprint density at radius 2 is 1.57 bits per heavy atom. The first kappa shape index (κ1) is 11.7. The molecule has 1 rings (SSSR count). The normalized spacial score (nSPS) is 19.1. The van der Waals surface area contributed by atoms with Crippen LogP contribution in [-0.2, 0) is 4.57 Å². The largest absolute Gasteiger partial charge is 0.306 e. The van der Waals surface area contributed by atoms with Crippen LogP contribution in [0.3, 0.4) is 0 Å². The second-order valence-corrected chi connectivity index (χ2v) is 6.79. The summed E-state index contributed by atoms with van der Waals surface area (Å²) >= 11 is 0. The van der Waals surface area contributed by atoms with Gasteiger partial charge in [-0.15, -0.1) is 13.2 Å². The van der Waals surface area contributed by atoms with E-state index in [1.807, 2.05) is 0 Å². The first-order valence-electron chi connectivity index (χ1n) is 5.28. The topological polar surface area (TPSA) is 20.3 Å². The van der Waals surface area contributed by atoms with Crippen LogP contribution in [0, 0.1) is 0 Å². The summed E-state index contributed by atoms with van der Waals surface area (Å²) < 4.78 is 14.7. The molecule has 1 aliphatic heterocycles. The third-order valence-corrected chi connectivity index (χ3v) is 5.77. The summed E-state index contributed by atoms with van der Waals surface area (Å²) in [6, 6.07) is 0. The van der Waals surface area contributed by atoms with E-state index in [2.05, 4.69) is 17.8 Å². The maximum Gasteiger partial charge on any atom is 0.157 e. The first-order chi connectivity index (χ1) is 6.73. The minimum absolute atomic E-state index is 0.624. The van der Waals surface area contributed by atoms with Crippen LogP contribution >= 0.6 is 7.29 Å². The molecule has 1 saturated heterocycles. The van der Waals surface area contributed by atoms with Crippen molar-refractivity contribution in [3.8, 4) is 0 Å². The standard InChI is InChI=1S/C11H20NOP/c1-3-10-14(13,11-4-2)12-8-6-5-7-9-12/h3-4H,1-2,5-11H2. The van der Waals surface area contributed by atoms with Crippen molar-refractivity contribution in [2.75, 3.05) is 25.4 Å². The Kier molecular flexibility index (Phi) is 4.64. The second kappa shape index (κ2) is 5.53. The zero-order valence-electron chi connectivity index (χ0n) is 8.82. The monoisotopic (exact) mass is 213 g/mol. The summed E-state index contributed by atoms with van der Waals surface area (Å²) in [7, 11) is -2.20. The lowest BCUT2D eigenvalue weighted by molar-refractivity contribution is 0.346. The van der Waals surface area contributed by atoms with Gasteiger partial charge in [-0.3, -0.25) is 4.67 Å². The average Bonchev–Trinajstić information content (AvgIpc) is 2.20. The minimum atomic E-state index is -2.20. The molecular weight excluding hydrogens is 193 g/mol. The van der Waals surface area contributed by atoms with E-state index < -0.39 is 7.29 Å². The van der Waals surface area contributed by atoms with E-state index in [4.69, 9.17) is 0 Å². The number of hydrogen-bond acceptors (Lipinski definition) is 1. The molecule has 0 bridgehead atoms. The maximum absolute atomic E-state index is 12.6. The Bertz CT molecular complexity index is 230. The molecule has 0 aromatic carbocycles.